The van der Waals surface area contributed by atoms with Crippen molar-refractivity contribution < 1.29 is 13.5 Å². The molecule has 0 fully saturated rings. The predicted octanol–water partition coefficient (Wildman–Crippen LogP) is 2.19. The zero-order valence-corrected chi connectivity index (χ0v) is 13.2. The SMILES string of the molecule is COc1cc2nccc(-c3ccc(CNS(=O)[O-])cc3)c2cn1. The smallest absolute Gasteiger partial charge is 0.215 e. The van der Waals surface area contributed by atoms with E-state index < -0.39 is 11.3 Å². The molecule has 1 N–H and O–H groups in total. The van der Waals surface area contributed by atoms with Crippen LogP contribution in [0.4, 0.5) is 0 Å². The minimum absolute atomic E-state index is 0.270. The molecule has 0 saturated carbocycles. The van der Waals surface area contributed by atoms with Crippen LogP contribution >= 0.6 is 0 Å². The summed E-state index contributed by atoms with van der Waals surface area (Å²) in [5.41, 5.74) is 3.71. The number of nitrogens with zero attached hydrogens (tertiary/aromatic N) is 2. The summed E-state index contributed by atoms with van der Waals surface area (Å²) < 4.78 is 28.5. The van der Waals surface area contributed by atoms with Gasteiger partial charge in [0.15, 0.2) is 0 Å². The summed E-state index contributed by atoms with van der Waals surface area (Å²) in [6, 6.07) is 11.4. The molecule has 118 valence electrons. The van der Waals surface area contributed by atoms with Crippen molar-refractivity contribution in [2.75, 3.05) is 7.11 Å². The molecule has 3 rings (SSSR count). The first-order valence-electron chi connectivity index (χ1n) is 6.88. The molecule has 1 aromatic carbocycles. The van der Waals surface area contributed by atoms with Crippen molar-refractivity contribution in [3.05, 3.63) is 54.4 Å². The highest BCUT2D eigenvalue weighted by molar-refractivity contribution is 7.77. The number of rotatable bonds is 5. The fourth-order valence-electron chi connectivity index (χ4n) is 2.33. The minimum Gasteiger partial charge on any atom is -0.760 e. The highest BCUT2D eigenvalue weighted by Gasteiger charge is 2.06. The summed E-state index contributed by atoms with van der Waals surface area (Å²) in [6.45, 7) is 0.270. The summed E-state index contributed by atoms with van der Waals surface area (Å²) in [5, 5.41) is 0.930. The molecule has 0 spiro atoms. The third-order valence-electron chi connectivity index (χ3n) is 3.47. The van der Waals surface area contributed by atoms with Crippen molar-refractivity contribution in [1.82, 2.24) is 14.7 Å². The van der Waals surface area contributed by atoms with E-state index in [2.05, 4.69) is 14.7 Å². The average Bonchev–Trinajstić information content (AvgIpc) is 2.59. The normalized spacial score (nSPS) is 12.3. The Morgan fingerprint density at radius 3 is 2.70 bits per heavy atom. The quantitative estimate of drug-likeness (QED) is 0.725. The van der Waals surface area contributed by atoms with Gasteiger partial charge in [-0.15, -0.1) is 0 Å². The Balaban J connectivity index is 1.95. The van der Waals surface area contributed by atoms with Crippen molar-refractivity contribution in [2.24, 2.45) is 0 Å². The molecule has 3 aromatic rings. The molecule has 0 radical (unpaired) electrons. The second-order valence-corrected chi connectivity index (χ2v) is 5.61. The molecule has 0 aliphatic heterocycles. The first-order valence-corrected chi connectivity index (χ1v) is 7.95. The number of hydrogen-bond donors (Lipinski definition) is 1. The lowest BCUT2D eigenvalue weighted by Gasteiger charge is -2.09. The van der Waals surface area contributed by atoms with Crippen LogP contribution in [0.1, 0.15) is 5.56 Å². The van der Waals surface area contributed by atoms with Gasteiger partial charge in [0.2, 0.25) is 5.88 Å². The van der Waals surface area contributed by atoms with Gasteiger partial charge >= 0.3 is 0 Å². The molecule has 1 unspecified atom stereocenters. The molecule has 2 aromatic heterocycles. The first-order chi connectivity index (χ1) is 11.2. The standard InChI is InChI=1S/C16H15N3O3S/c1-22-16-8-15-14(10-18-16)13(6-7-17-15)12-4-2-11(3-5-12)9-19-23(20)21/h2-8,10,19H,9H2,1H3,(H,20,21)/p-1. The van der Waals surface area contributed by atoms with E-state index in [1.807, 2.05) is 30.3 Å². The van der Waals surface area contributed by atoms with Gasteiger partial charge in [-0.1, -0.05) is 24.3 Å². The lowest BCUT2D eigenvalue weighted by molar-refractivity contribution is 0.398. The number of hydrogen-bond acceptors (Lipinski definition) is 5. The monoisotopic (exact) mass is 328 g/mol. The van der Waals surface area contributed by atoms with E-state index in [-0.39, 0.29) is 6.54 Å². The van der Waals surface area contributed by atoms with Gasteiger partial charge in [-0.25, -0.2) is 9.71 Å². The Hall–Kier alpha value is -2.35. The third-order valence-corrected chi connectivity index (χ3v) is 3.85. The van der Waals surface area contributed by atoms with Gasteiger partial charge in [0, 0.05) is 41.7 Å². The molecule has 0 amide bonds. The van der Waals surface area contributed by atoms with E-state index >= 15 is 0 Å². The second-order valence-electron chi connectivity index (χ2n) is 4.86. The molecule has 23 heavy (non-hydrogen) atoms. The van der Waals surface area contributed by atoms with Gasteiger partial charge in [-0.3, -0.25) is 9.19 Å². The second kappa shape index (κ2) is 6.82. The van der Waals surface area contributed by atoms with Crippen LogP contribution in [-0.2, 0) is 17.8 Å². The first kappa shape index (κ1) is 15.5. The van der Waals surface area contributed by atoms with E-state index in [0.717, 1.165) is 27.6 Å². The topological polar surface area (TPSA) is 87.2 Å². The van der Waals surface area contributed by atoms with Crippen molar-refractivity contribution in [1.29, 1.82) is 0 Å². The van der Waals surface area contributed by atoms with Crippen LogP contribution in [0.3, 0.4) is 0 Å². The number of ether oxygens (including phenoxy) is 1. The van der Waals surface area contributed by atoms with Gasteiger partial charge in [-0.2, -0.15) is 0 Å². The summed E-state index contributed by atoms with van der Waals surface area (Å²) in [7, 11) is 1.57. The van der Waals surface area contributed by atoms with Crippen LogP contribution in [0.2, 0.25) is 0 Å². The molecule has 1 atom stereocenters. The average molecular weight is 328 g/mol. The van der Waals surface area contributed by atoms with Crippen LogP contribution in [0.25, 0.3) is 22.0 Å². The number of pyridine rings is 2. The fraction of sp³-hybridized carbons (Fsp3) is 0.125. The third kappa shape index (κ3) is 3.53. The van der Waals surface area contributed by atoms with E-state index in [1.54, 1.807) is 25.6 Å². The Labute approximate surface area is 136 Å². The molecular formula is C16H14N3O3S-. The maximum absolute atomic E-state index is 10.5. The maximum atomic E-state index is 10.5. The maximum Gasteiger partial charge on any atom is 0.215 e. The highest BCUT2D eigenvalue weighted by atomic mass is 32.2. The largest absolute Gasteiger partial charge is 0.760 e. The minimum atomic E-state index is -2.26. The van der Waals surface area contributed by atoms with E-state index in [4.69, 9.17) is 4.74 Å². The predicted molar refractivity (Wildman–Crippen MR) is 87.3 cm³/mol. The van der Waals surface area contributed by atoms with Crippen molar-refractivity contribution >= 4 is 22.2 Å². The Bertz CT molecular complexity index is 853. The lowest BCUT2D eigenvalue weighted by Crippen LogP contribution is -2.15. The fourth-order valence-corrected chi connectivity index (χ4v) is 2.61. The van der Waals surface area contributed by atoms with Gasteiger partial charge in [0.1, 0.15) is 0 Å². The van der Waals surface area contributed by atoms with Crippen LogP contribution < -0.4 is 9.46 Å². The number of benzene rings is 1. The van der Waals surface area contributed by atoms with Crippen molar-refractivity contribution in [3.63, 3.8) is 0 Å². The van der Waals surface area contributed by atoms with Gasteiger partial charge < -0.3 is 9.29 Å². The number of methoxy groups -OCH3 is 1. The molecule has 7 heteroatoms. The van der Waals surface area contributed by atoms with Gasteiger partial charge in [0.25, 0.3) is 0 Å². The summed E-state index contributed by atoms with van der Waals surface area (Å²) in [5.74, 6) is 0.522. The zero-order chi connectivity index (χ0) is 16.2. The zero-order valence-electron chi connectivity index (χ0n) is 12.4. The molecule has 0 aliphatic carbocycles. The van der Waals surface area contributed by atoms with Gasteiger partial charge in [0.05, 0.1) is 12.6 Å². The molecule has 0 saturated heterocycles. The van der Waals surface area contributed by atoms with E-state index in [1.165, 1.54) is 0 Å². The van der Waals surface area contributed by atoms with Gasteiger partial charge in [-0.05, 0) is 22.8 Å². The molecule has 0 bridgehead atoms. The summed E-state index contributed by atoms with van der Waals surface area (Å²) >= 11 is -2.26. The highest BCUT2D eigenvalue weighted by Crippen LogP contribution is 2.28. The van der Waals surface area contributed by atoms with E-state index in [9.17, 15) is 8.76 Å². The van der Waals surface area contributed by atoms with Crippen LogP contribution in [0.5, 0.6) is 5.88 Å². The van der Waals surface area contributed by atoms with Crippen LogP contribution in [-0.4, -0.2) is 25.8 Å². The Morgan fingerprint density at radius 2 is 2.00 bits per heavy atom. The van der Waals surface area contributed by atoms with Crippen molar-refractivity contribution in [2.45, 2.75) is 6.54 Å². The number of fused-ring (bicyclic) bond motifs is 1. The van der Waals surface area contributed by atoms with Crippen LogP contribution in [0, 0.1) is 0 Å². The number of nitrogens with one attached hydrogen (secondary N) is 1. The molecule has 6 nitrogen and oxygen atoms in total. The van der Waals surface area contributed by atoms with Crippen LogP contribution in [0.15, 0.2) is 48.8 Å². The van der Waals surface area contributed by atoms with Crippen molar-refractivity contribution in [3.8, 4) is 17.0 Å². The Kier molecular flexibility index (Phi) is 4.61. The number of aromatic nitrogens is 2. The Morgan fingerprint density at radius 1 is 1.22 bits per heavy atom. The lowest BCUT2D eigenvalue weighted by atomic mass is 10.0. The molecular weight excluding hydrogens is 314 g/mol. The summed E-state index contributed by atoms with van der Waals surface area (Å²) in [4.78, 5) is 8.58. The summed E-state index contributed by atoms with van der Waals surface area (Å²) in [6.07, 6.45) is 3.49. The molecule has 0 aliphatic rings. The molecule has 2 heterocycles. The van der Waals surface area contributed by atoms with E-state index in [0.29, 0.717) is 5.88 Å².